The molecule has 0 amide bonds. The van der Waals surface area contributed by atoms with Crippen molar-refractivity contribution in [1.82, 2.24) is 0 Å². The predicted octanol–water partition coefficient (Wildman–Crippen LogP) is 4.74. The first-order valence-corrected chi connectivity index (χ1v) is 8.22. The normalized spacial score (nSPS) is 32.1. The van der Waals surface area contributed by atoms with Crippen molar-refractivity contribution in [2.24, 2.45) is 17.8 Å². The minimum atomic E-state index is -0.487. The van der Waals surface area contributed by atoms with Gasteiger partial charge in [0.05, 0.1) is 0 Å². The number of hydrogen-bond donors (Lipinski definition) is 0. The van der Waals surface area contributed by atoms with Gasteiger partial charge >= 0.3 is 0 Å². The van der Waals surface area contributed by atoms with E-state index in [-0.39, 0.29) is 11.0 Å². The van der Waals surface area contributed by atoms with Crippen molar-refractivity contribution in [2.45, 2.75) is 92.2 Å². The van der Waals surface area contributed by atoms with E-state index < -0.39 is 6.17 Å². The maximum atomic E-state index is 12.4. The van der Waals surface area contributed by atoms with Gasteiger partial charge in [-0.2, -0.15) is 0 Å². The van der Waals surface area contributed by atoms with Gasteiger partial charge in [-0.15, -0.1) is 0 Å². The van der Waals surface area contributed by atoms with Crippen LogP contribution in [0.25, 0.3) is 0 Å². The second-order valence-corrected chi connectivity index (χ2v) is 6.23. The zero-order valence-corrected chi connectivity index (χ0v) is 14.3. The first-order chi connectivity index (χ1) is 8.58. The fourth-order valence-electron chi connectivity index (χ4n) is 2.79. The lowest BCUT2D eigenvalue weighted by Crippen LogP contribution is -2.12. The summed E-state index contributed by atoms with van der Waals surface area (Å²) in [5, 5.41) is 0. The average molecular weight is 294 g/mol. The molecule has 2 aliphatic carbocycles. The first kappa shape index (κ1) is 24.8. The van der Waals surface area contributed by atoms with E-state index in [2.05, 4.69) is 20.8 Å². The first-order valence-electron chi connectivity index (χ1n) is 8.22. The van der Waals surface area contributed by atoms with Gasteiger partial charge in [-0.25, -0.2) is 4.39 Å². The van der Waals surface area contributed by atoms with Crippen LogP contribution < -0.4 is 0 Å². The third-order valence-electron chi connectivity index (χ3n) is 4.18. The highest BCUT2D eigenvalue weighted by Crippen LogP contribution is 2.27. The predicted molar refractivity (Wildman–Crippen MR) is 87.9 cm³/mol. The van der Waals surface area contributed by atoms with E-state index in [4.69, 9.17) is 0 Å². The molecule has 2 fully saturated rings. The van der Waals surface area contributed by atoms with Crippen LogP contribution in [-0.4, -0.2) is 17.1 Å². The standard InChI is InChI=1S/C8H16.C7H13F.C2H6.2H2O/c1-7-3-5-8(2)6-4-7;1-6-3-2-4-7(8)5-6;1-2;;/h7-8H,3-6H2,1-2H3;6-7H,2-5H2,1H3;1-2H3;2*1H2. The molecule has 0 radical (unpaired) electrons. The highest BCUT2D eigenvalue weighted by atomic mass is 19.1. The molecule has 0 aromatic heterocycles. The van der Waals surface area contributed by atoms with Crippen molar-refractivity contribution in [2.75, 3.05) is 0 Å². The number of alkyl halides is 1. The van der Waals surface area contributed by atoms with Crippen LogP contribution in [0.1, 0.15) is 86.0 Å². The van der Waals surface area contributed by atoms with Crippen molar-refractivity contribution < 1.29 is 15.3 Å². The summed E-state index contributed by atoms with van der Waals surface area (Å²) in [4.78, 5) is 0. The van der Waals surface area contributed by atoms with Crippen LogP contribution in [0.2, 0.25) is 0 Å². The molecule has 0 spiro atoms. The molecule has 2 saturated carbocycles. The van der Waals surface area contributed by atoms with Crippen molar-refractivity contribution in [3.63, 3.8) is 0 Å². The van der Waals surface area contributed by atoms with Crippen molar-refractivity contribution in [3.8, 4) is 0 Å². The second kappa shape index (κ2) is 15.2. The van der Waals surface area contributed by atoms with Crippen LogP contribution in [0.15, 0.2) is 0 Å². The van der Waals surface area contributed by atoms with Crippen LogP contribution in [0.3, 0.4) is 0 Å². The fourth-order valence-corrected chi connectivity index (χ4v) is 2.79. The Balaban J connectivity index is -0.000000236. The molecule has 0 bridgehead atoms. The minimum absolute atomic E-state index is 0. The molecule has 0 heterocycles. The Kier molecular flexibility index (Phi) is 18.9. The molecule has 2 atom stereocenters. The Morgan fingerprint density at radius 3 is 1.30 bits per heavy atom. The summed E-state index contributed by atoms with van der Waals surface area (Å²) in [7, 11) is 0. The van der Waals surface area contributed by atoms with Crippen LogP contribution >= 0.6 is 0 Å². The molecule has 0 aliphatic heterocycles. The average Bonchev–Trinajstić information content (AvgIpc) is 2.36. The van der Waals surface area contributed by atoms with Gasteiger partial charge in [0.25, 0.3) is 0 Å². The summed E-state index contributed by atoms with van der Waals surface area (Å²) >= 11 is 0. The number of halogens is 1. The molecule has 2 unspecified atom stereocenters. The molecule has 0 saturated heterocycles. The monoisotopic (exact) mass is 294 g/mol. The Bertz CT molecular complexity index is 162. The molecule has 2 nitrogen and oxygen atoms in total. The molecule has 0 aromatic rings. The quantitative estimate of drug-likeness (QED) is 0.619. The molecule has 3 heteroatoms. The Labute approximate surface area is 126 Å². The van der Waals surface area contributed by atoms with Gasteiger partial charge in [-0.3, -0.25) is 0 Å². The van der Waals surface area contributed by atoms with E-state index in [1.807, 2.05) is 13.8 Å². The maximum Gasteiger partial charge on any atom is 0.100 e. The third kappa shape index (κ3) is 12.9. The summed E-state index contributed by atoms with van der Waals surface area (Å²) in [5.74, 6) is 2.68. The SMILES string of the molecule is CC.CC1CCC(C)CC1.CC1CCCC(F)C1.O.O. The van der Waals surface area contributed by atoms with Crippen molar-refractivity contribution in [3.05, 3.63) is 0 Å². The number of hydrogen-bond acceptors (Lipinski definition) is 0. The van der Waals surface area contributed by atoms with E-state index in [1.165, 1.54) is 32.1 Å². The van der Waals surface area contributed by atoms with Crippen LogP contribution in [0, 0.1) is 17.8 Å². The fraction of sp³-hybridized carbons (Fsp3) is 1.00. The lowest BCUT2D eigenvalue weighted by Gasteiger charge is -2.22. The highest BCUT2D eigenvalue weighted by molar-refractivity contribution is 4.68. The van der Waals surface area contributed by atoms with Crippen molar-refractivity contribution in [1.29, 1.82) is 0 Å². The van der Waals surface area contributed by atoms with E-state index in [9.17, 15) is 4.39 Å². The zero-order chi connectivity index (χ0) is 14.0. The number of rotatable bonds is 0. The van der Waals surface area contributed by atoms with Crippen LogP contribution in [0.4, 0.5) is 4.39 Å². The second-order valence-electron chi connectivity index (χ2n) is 6.23. The van der Waals surface area contributed by atoms with Crippen molar-refractivity contribution >= 4 is 0 Å². The van der Waals surface area contributed by atoms with Gasteiger partial charge in [0.2, 0.25) is 0 Å². The maximum absolute atomic E-state index is 12.4. The smallest absolute Gasteiger partial charge is 0.100 e. The molecule has 2 aliphatic rings. The molecule has 0 aromatic carbocycles. The van der Waals surface area contributed by atoms with Gasteiger partial charge in [0.1, 0.15) is 6.17 Å². The highest BCUT2D eigenvalue weighted by Gasteiger charge is 2.16. The summed E-state index contributed by atoms with van der Waals surface area (Å²) in [6, 6.07) is 0. The van der Waals surface area contributed by atoms with Gasteiger partial charge in [-0.1, -0.05) is 73.1 Å². The zero-order valence-electron chi connectivity index (χ0n) is 14.3. The van der Waals surface area contributed by atoms with Gasteiger partial charge in [-0.05, 0) is 30.6 Å². The van der Waals surface area contributed by atoms with Gasteiger partial charge < -0.3 is 11.0 Å². The Morgan fingerprint density at radius 2 is 1.05 bits per heavy atom. The summed E-state index contributed by atoms with van der Waals surface area (Å²) in [5.41, 5.74) is 0. The van der Waals surface area contributed by atoms with E-state index in [0.29, 0.717) is 5.92 Å². The van der Waals surface area contributed by atoms with Gasteiger partial charge in [0, 0.05) is 0 Å². The van der Waals surface area contributed by atoms with Crippen LogP contribution in [0.5, 0.6) is 0 Å². The lowest BCUT2D eigenvalue weighted by molar-refractivity contribution is 0.208. The summed E-state index contributed by atoms with van der Waals surface area (Å²) in [6.45, 7) is 10.9. The van der Waals surface area contributed by atoms with Gasteiger partial charge in [0.15, 0.2) is 0 Å². The topological polar surface area (TPSA) is 63.0 Å². The van der Waals surface area contributed by atoms with E-state index in [1.54, 1.807) is 0 Å². The molecular formula is C17H39FO2. The van der Waals surface area contributed by atoms with Crippen LogP contribution in [-0.2, 0) is 0 Å². The largest absolute Gasteiger partial charge is 0.412 e. The Morgan fingerprint density at radius 1 is 0.650 bits per heavy atom. The molecular weight excluding hydrogens is 255 g/mol. The molecule has 2 rings (SSSR count). The lowest BCUT2D eigenvalue weighted by atomic mass is 9.84. The van der Waals surface area contributed by atoms with E-state index in [0.717, 1.165) is 31.1 Å². The van der Waals surface area contributed by atoms with E-state index >= 15 is 0 Å². The summed E-state index contributed by atoms with van der Waals surface area (Å²) in [6.07, 6.45) is 9.36. The third-order valence-corrected chi connectivity index (χ3v) is 4.18. The minimum Gasteiger partial charge on any atom is -0.412 e. The molecule has 4 N–H and O–H groups in total. The molecule has 20 heavy (non-hydrogen) atoms. The summed E-state index contributed by atoms with van der Waals surface area (Å²) < 4.78 is 12.4. The molecule has 126 valence electrons. The Hall–Kier alpha value is -0.150.